The van der Waals surface area contributed by atoms with E-state index in [1.807, 2.05) is 13.8 Å². The minimum Gasteiger partial charge on any atom is -0.350 e. The second-order valence-corrected chi connectivity index (χ2v) is 7.38. The highest BCUT2D eigenvalue weighted by atomic mass is 35.5. The Kier molecular flexibility index (Phi) is 7.33. The lowest BCUT2D eigenvalue weighted by Gasteiger charge is -2.22. The molecular formula is C19H19Cl3N2O2. The molecule has 7 heteroatoms. The van der Waals surface area contributed by atoms with Crippen molar-refractivity contribution in [3.05, 3.63) is 68.7 Å². The smallest absolute Gasteiger partial charge is 0.253 e. The zero-order valence-corrected chi connectivity index (χ0v) is 16.6. The van der Waals surface area contributed by atoms with Crippen LogP contribution in [0.1, 0.15) is 29.8 Å². The van der Waals surface area contributed by atoms with Gasteiger partial charge in [-0.1, -0.05) is 66.8 Å². The number of rotatable bonds is 6. The van der Waals surface area contributed by atoms with Crippen LogP contribution >= 0.6 is 34.8 Å². The number of carbonyl (C=O) groups is 2. The van der Waals surface area contributed by atoms with Crippen LogP contribution < -0.4 is 10.6 Å². The van der Waals surface area contributed by atoms with Crippen molar-refractivity contribution >= 4 is 46.6 Å². The van der Waals surface area contributed by atoms with Crippen molar-refractivity contribution in [1.82, 2.24) is 10.6 Å². The molecule has 0 spiro atoms. The maximum Gasteiger partial charge on any atom is 0.253 e. The lowest BCUT2D eigenvalue weighted by molar-refractivity contribution is -0.124. The highest BCUT2D eigenvalue weighted by molar-refractivity contribution is 6.35. The first-order valence-corrected chi connectivity index (χ1v) is 9.20. The summed E-state index contributed by atoms with van der Waals surface area (Å²) in [5.41, 5.74) is 1.07. The number of amides is 2. The second-order valence-electron chi connectivity index (χ2n) is 6.13. The molecule has 0 aliphatic carbocycles. The van der Waals surface area contributed by atoms with Crippen LogP contribution in [0.25, 0.3) is 0 Å². The van der Waals surface area contributed by atoms with Gasteiger partial charge >= 0.3 is 0 Å². The second kappa shape index (κ2) is 9.26. The van der Waals surface area contributed by atoms with Crippen molar-refractivity contribution in [2.24, 2.45) is 5.92 Å². The topological polar surface area (TPSA) is 58.2 Å². The standard InChI is InChI=1S/C19H19Cl3N2O2/c1-11(2)17(24-18(25)14-5-3-4-6-15(14)21)19(26)23-10-12-7-8-13(20)9-16(12)22/h3-9,11,17H,10H2,1-2H3,(H,23,26)(H,24,25)/t17-/m0/s1. The Balaban J connectivity index is 2.05. The van der Waals surface area contributed by atoms with E-state index < -0.39 is 11.9 Å². The number of hydrogen-bond acceptors (Lipinski definition) is 2. The maximum atomic E-state index is 12.6. The number of nitrogens with one attached hydrogen (secondary N) is 2. The molecule has 0 aromatic heterocycles. The van der Waals surface area contributed by atoms with E-state index in [0.29, 0.717) is 20.6 Å². The van der Waals surface area contributed by atoms with Gasteiger partial charge in [0.1, 0.15) is 6.04 Å². The van der Waals surface area contributed by atoms with Gasteiger partial charge in [0.2, 0.25) is 5.91 Å². The quantitative estimate of drug-likeness (QED) is 0.720. The molecular weight excluding hydrogens is 395 g/mol. The molecule has 138 valence electrons. The molecule has 0 aliphatic heterocycles. The molecule has 0 heterocycles. The van der Waals surface area contributed by atoms with Gasteiger partial charge in [-0.05, 0) is 35.7 Å². The highest BCUT2D eigenvalue weighted by Crippen LogP contribution is 2.21. The zero-order chi connectivity index (χ0) is 19.3. The van der Waals surface area contributed by atoms with Gasteiger partial charge < -0.3 is 10.6 Å². The van der Waals surface area contributed by atoms with Crippen LogP contribution in [-0.4, -0.2) is 17.9 Å². The molecule has 0 aliphatic rings. The molecule has 2 N–H and O–H groups in total. The largest absolute Gasteiger partial charge is 0.350 e. The summed E-state index contributed by atoms with van der Waals surface area (Å²) in [6.07, 6.45) is 0. The van der Waals surface area contributed by atoms with E-state index >= 15 is 0 Å². The Bertz CT molecular complexity index is 809. The van der Waals surface area contributed by atoms with Gasteiger partial charge in [0.25, 0.3) is 5.91 Å². The van der Waals surface area contributed by atoms with E-state index in [2.05, 4.69) is 10.6 Å². The summed E-state index contributed by atoms with van der Waals surface area (Å²) in [6, 6.07) is 11.1. The third-order valence-electron chi connectivity index (χ3n) is 3.82. The third-order valence-corrected chi connectivity index (χ3v) is 4.74. The predicted molar refractivity (Wildman–Crippen MR) is 106 cm³/mol. The first kappa shape index (κ1) is 20.6. The van der Waals surface area contributed by atoms with Crippen molar-refractivity contribution in [2.45, 2.75) is 26.4 Å². The van der Waals surface area contributed by atoms with Gasteiger partial charge in [-0.25, -0.2) is 0 Å². The molecule has 2 aromatic rings. The number of carbonyl (C=O) groups excluding carboxylic acids is 2. The molecule has 26 heavy (non-hydrogen) atoms. The Morgan fingerprint density at radius 3 is 2.31 bits per heavy atom. The van der Waals surface area contributed by atoms with Crippen LogP contribution in [0, 0.1) is 5.92 Å². The van der Waals surface area contributed by atoms with Crippen molar-refractivity contribution < 1.29 is 9.59 Å². The lowest BCUT2D eigenvalue weighted by atomic mass is 10.0. The molecule has 1 atom stereocenters. The zero-order valence-electron chi connectivity index (χ0n) is 14.4. The van der Waals surface area contributed by atoms with Gasteiger partial charge in [0.15, 0.2) is 0 Å². The monoisotopic (exact) mass is 412 g/mol. The van der Waals surface area contributed by atoms with Crippen molar-refractivity contribution in [1.29, 1.82) is 0 Å². The fourth-order valence-electron chi connectivity index (χ4n) is 2.36. The van der Waals surface area contributed by atoms with Crippen LogP contribution in [0.4, 0.5) is 0 Å². The van der Waals surface area contributed by atoms with E-state index in [0.717, 1.165) is 5.56 Å². The maximum absolute atomic E-state index is 12.6. The third kappa shape index (κ3) is 5.37. The summed E-state index contributed by atoms with van der Waals surface area (Å²) < 4.78 is 0. The van der Waals surface area contributed by atoms with Crippen molar-refractivity contribution in [3.8, 4) is 0 Å². The van der Waals surface area contributed by atoms with Crippen LogP contribution in [-0.2, 0) is 11.3 Å². The number of hydrogen-bond donors (Lipinski definition) is 2. The van der Waals surface area contributed by atoms with E-state index in [9.17, 15) is 9.59 Å². The van der Waals surface area contributed by atoms with Gasteiger partial charge in [0, 0.05) is 16.6 Å². The highest BCUT2D eigenvalue weighted by Gasteiger charge is 2.25. The molecule has 0 fully saturated rings. The van der Waals surface area contributed by atoms with Crippen LogP contribution in [0.2, 0.25) is 15.1 Å². The van der Waals surface area contributed by atoms with Gasteiger partial charge in [-0.2, -0.15) is 0 Å². The SMILES string of the molecule is CC(C)[C@H](NC(=O)c1ccccc1Cl)C(=O)NCc1ccc(Cl)cc1Cl. The molecule has 2 rings (SSSR count). The average molecular weight is 414 g/mol. The minimum absolute atomic E-state index is 0.109. The summed E-state index contributed by atoms with van der Waals surface area (Å²) in [6.45, 7) is 3.94. The predicted octanol–water partition coefficient (Wildman–Crippen LogP) is 4.72. The van der Waals surface area contributed by atoms with E-state index in [4.69, 9.17) is 34.8 Å². The Morgan fingerprint density at radius 2 is 1.69 bits per heavy atom. The van der Waals surface area contributed by atoms with Crippen LogP contribution in [0.5, 0.6) is 0 Å². The molecule has 0 radical (unpaired) electrons. The molecule has 2 aromatic carbocycles. The van der Waals surface area contributed by atoms with E-state index in [1.165, 1.54) is 0 Å². The molecule has 2 amide bonds. The fourth-order valence-corrected chi connectivity index (χ4v) is 3.05. The van der Waals surface area contributed by atoms with E-state index in [1.54, 1.807) is 42.5 Å². The first-order chi connectivity index (χ1) is 12.3. The summed E-state index contributed by atoms with van der Waals surface area (Å²) in [5.74, 6) is -0.803. The molecule has 0 saturated carbocycles. The Morgan fingerprint density at radius 1 is 1.00 bits per heavy atom. The summed E-state index contributed by atoms with van der Waals surface area (Å²) in [5, 5.41) is 6.87. The minimum atomic E-state index is -0.704. The van der Waals surface area contributed by atoms with Crippen LogP contribution in [0.15, 0.2) is 42.5 Å². The summed E-state index contributed by atoms with van der Waals surface area (Å²) in [4.78, 5) is 25.0. The molecule has 0 unspecified atom stereocenters. The number of benzene rings is 2. The normalized spacial score (nSPS) is 11.9. The molecule has 4 nitrogen and oxygen atoms in total. The van der Waals surface area contributed by atoms with Gasteiger partial charge in [0.05, 0.1) is 10.6 Å². The Hall–Kier alpha value is -1.75. The van der Waals surface area contributed by atoms with Crippen molar-refractivity contribution in [3.63, 3.8) is 0 Å². The molecule has 0 bridgehead atoms. The van der Waals surface area contributed by atoms with Gasteiger partial charge in [-0.15, -0.1) is 0 Å². The average Bonchev–Trinajstić information content (AvgIpc) is 2.58. The first-order valence-electron chi connectivity index (χ1n) is 8.06. The van der Waals surface area contributed by atoms with Crippen molar-refractivity contribution in [2.75, 3.05) is 0 Å². The fraction of sp³-hybridized carbons (Fsp3) is 0.263. The van der Waals surface area contributed by atoms with E-state index in [-0.39, 0.29) is 18.4 Å². The lowest BCUT2D eigenvalue weighted by Crippen LogP contribution is -2.49. The number of halogens is 3. The summed E-state index contributed by atoms with van der Waals surface area (Å²) >= 11 is 18.0. The van der Waals surface area contributed by atoms with Gasteiger partial charge in [-0.3, -0.25) is 9.59 Å². The summed E-state index contributed by atoms with van der Waals surface area (Å²) in [7, 11) is 0. The Labute approximate surface area is 167 Å². The van der Waals surface area contributed by atoms with Crippen LogP contribution in [0.3, 0.4) is 0 Å². The molecule has 0 saturated heterocycles.